The fourth-order valence-electron chi connectivity index (χ4n) is 3.44. The van der Waals surface area contributed by atoms with Crippen LogP contribution in [0.3, 0.4) is 0 Å². The van der Waals surface area contributed by atoms with Crippen molar-refractivity contribution in [1.82, 2.24) is 15.1 Å². The Balaban J connectivity index is 1.47. The van der Waals surface area contributed by atoms with E-state index in [1.54, 1.807) is 41.3 Å². The summed E-state index contributed by atoms with van der Waals surface area (Å²) in [5.41, 5.74) is 2.38. The number of amides is 4. The molecule has 4 amide bonds. The number of urea groups is 1. The smallest absolute Gasteiger partial charge is 0.407 e. The van der Waals surface area contributed by atoms with Crippen molar-refractivity contribution in [2.45, 2.75) is 25.9 Å². The third-order valence-electron chi connectivity index (χ3n) is 5.15. The Morgan fingerprint density at radius 2 is 1.68 bits per heavy atom. The van der Waals surface area contributed by atoms with Gasteiger partial charge in [-0.3, -0.25) is 4.79 Å². The number of nitrogens with zero attached hydrogens (tertiary/aromatic N) is 2. The third-order valence-corrected chi connectivity index (χ3v) is 5.40. The molecule has 1 saturated heterocycles. The Hall–Kier alpha value is -3.26. The highest BCUT2D eigenvalue weighted by Gasteiger charge is 2.29. The van der Waals surface area contributed by atoms with Gasteiger partial charge in [0.1, 0.15) is 0 Å². The average molecular weight is 445 g/mol. The molecule has 1 aliphatic rings. The molecule has 2 aromatic carbocycles. The van der Waals surface area contributed by atoms with Crippen molar-refractivity contribution in [1.29, 1.82) is 0 Å². The summed E-state index contributed by atoms with van der Waals surface area (Å²) in [6.07, 6.45) is -0.736. The Bertz CT molecular complexity index is 934. The highest BCUT2D eigenvalue weighted by Crippen LogP contribution is 2.15. The summed E-state index contributed by atoms with van der Waals surface area (Å²) < 4.78 is 0. The van der Waals surface area contributed by atoms with E-state index >= 15 is 0 Å². The number of carboxylic acid groups (broad SMARTS) is 1. The molecular formula is C22H25ClN4O4. The summed E-state index contributed by atoms with van der Waals surface area (Å²) >= 11 is 5.85. The molecule has 0 aromatic heterocycles. The molecule has 1 aliphatic heterocycles. The van der Waals surface area contributed by atoms with Crippen LogP contribution >= 0.6 is 11.6 Å². The van der Waals surface area contributed by atoms with Gasteiger partial charge in [0.15, 0.2) is 0 Å². The second-order valence-electron chi connectivity index (χ2n) is 7.47. The van der Waals surface area contributed by atoms with Crippen LogP contribution in [-0.4, -0.2) is 58.6 Å². The van der Waals surface area contributed by atoms with E-state index in [9.17, 15) is 14.4 Å². The van der Waals surface area contributed by atoms with Crippen molar-refractivity contribution < 1.29 is 19.5 Å². The Morgan fingerprint density at radius 3 is 2.29 bits per heavy atom. The van der Waals surface area contributed by atoms with E-state index in [2.05, 4.69) is 10.6 Å². The maximum absolute atomic E-state index is 12.6. The minimum atomic E-state index is -0.959. The van der Waals surface area contributed by atoms with Crippen molar-refractivity contribution >= 4 is 35.3 Å². The molecule has 9 heteroatoms. The van der Waals surface area contributed by atoms with Crippen LogP contribution in [-0.2, 0) is 17.8 Å². The van der Waals surface area contributed by atoms with E-state index in [0.717, 1.165) is 11.1 Å². The molecule has 0 saturated carbocycles. The summed E-state index contributed by atoms with van der Waals surface area (Å²) in [6, 6.07) is 13.8. The summed E-state index contributed by atoms with van der Waals surface area (Å²) in [7, 11) is 0. The minimum Gasteiger partial charge on any atom is -0.465 e. The van der Waals surface area contributed by atoms with Gasteiger partial charge >= 0.3 is 12.1 Å². The first-order valence-corrected chi connectivity index (χ1v) is 10.3. The topological polar surface area (TPSA) is 102 Å². The van der Waals surface area contributed by atoms with Crippen LogP contribution in [0.5, 0.6) is 0 Å². The molecule has 31 heavy (non-hydrogen) atoms. The number of halogens is 1. The monoisotopic (exact) mass is 444 g/mol. The molecule has 164 valence electrons. The van der Waals surface area contributed by atoms with E-state index in [0.29, 0.717) is 36.9 Å². The molecule has 0 spiro atoms. The summed E-state index contributed by atoms with van der Waals surface area (Å²) in [5.74, 6) is -0.0426. The van der Waals surface area contributed by atoms with Crippen LogP contribution in [0.15, 0.2) is 48.5 Å². The average Bonchev–Trinajstić information content (AvgIpc) is 2.74. The van der Waals surface area contributed by atoms with Crippen molar-refractivity contribution in [3.05, 3.63) is 64.7 Å². The number of benzene rings is 2. The van der Waals surface area contributed by atoms with Crippen molar-refractivity contribution in [2.24, 2.45) is 0 Å². The maximum atomic E-state index is 12.6. The number of hydrogen-bond donors (Lipinski definition) is 3. The standard InChI is InChI=1S/C22H25ClN4O4/c1-15-14-26(22(30)31)10-11-27(15)20(28)12-16-4-8-19(9-5-16)25-21(29)24-13-17-2-6-18(23)7-3-17/h2-9,15H,10-14H2,1H3,(H,30,31)(H2,24,25,29)/t15-/m1/s1. The normalized spacial score (nSPS) is 16.0. The lowest BCUT2D eigenvalue weighted by Crippen LogP contribution is -2.55. The lowest BCUT2D eigenvalue weighted by molar-refractivity contribution is -0.134. The molecule has 1 heterocycles. The predicted molar refractivity (Wildman–Crippen MR) is 118 cm³/mol. The third kappa shape index (κ3) is 6.36. The Morgan fingerprint density at radius 1 is 1.03 bits per heavy atom. The first kappa shape index (κ1) is 22.4. The molecule has 1 fully saturated rings. The first-order chi connectivity index (χ1) is 14.8. The summed E-state index contributed by atoms with van der Waals surface area (Å²) in [4.78, 5) is 38.8. The second-order valence-corrected chi connectivity index (χ2v) is 7.91. The fraction of sp³-hybridized carbons (Fsp3) is 0.318. The largest absolute Gasteiger partial charge is 0.465 e. The zero-order valence-electron chi connectivity index (χ0n) is 17.2. The van der Waals surface area contributed by atoms with E-state index in [1.807, 2.05) is 19.1 Å². The number of piperazine rings is 1. The van der Waals surface area contributed by atoms with Gasteiger partial charge < -0.3 is 25.5 Å². The van der Waals surface area contributed by atoms with Crippen LogP contribution in [0.4, 0.5) is 15.3 Å². The van der Waals surface area contributed by atoms with E-state index in [4.69, 9.17) is 16.7 Å². The molecule has 8 nitrogen and oxygen atoms in total. The van der Waals surface area contributed by atoms with Crippen molar-refractivity contribution in [2.75, 3.05) is 25.0 Å². The number of nitrogens with one attached hydrogen (secondary N) is 2. The molecule has 0 aliphatic carbocycles. The number of carbonyl (C=O) groups excluding carboxylic acids is 2. The first-order valence-electron chi connectivity index (χ1n) is 9.97. The molecule has 0 bridgehead atoms. The van der Waals surface area contributed by atoms with Gasteiger partial charge in [0, 0.05) is 42.9 Å². The van der Waals surface area contributed by atoms with Crippen LogP contribution in [0.1, 0.15) is 18.1 Å². The molecule has 0 radical (unpaired) electrons. The maximum Gasteiger partial charge on any atom is 0.407 e. The predicted octanol–water partition coefficient (Wildman–Crippen LogP) is 3.41. The molecule has 3 N–H and O–H groups in total. The van der Waals surface area contributed by atoms with Crippen LogP contribution < -0.4 is 10.6 Å². The van der Waals surface area contributed by atoms with Gasteiger partial charge in [-0.1, -0.05) is 35.9 Å². The van der Waals surface area contributed by atoms with Crippen LogP contribution in [0, 0.1) is 0 Å². The van der Waals surface area contributed by atoms with Gasteiger partial charge in [0.25, 0.3) is 0 Å². The zero-order chi connectivity index (χ0) is 22.4. The van der Waals surface area contributed by atoms with Gasteiger partial charge in [0.2, 0.25) is 5.91 Å². The van der Waals surface area contributed by atoms with Gasteiger partial charge in [-0.05, 0) is 42.3 Å². The summed E-state index contributed by atoms with van der Waals surface area (Å²) in [6.45, 7) is 3.25. The molecule has 2 aromatic rings. The quantitative estimate of drug-likeness (QED) is 0.657. The number of carbonyl (C=O) groups is 3. The highest BCUT2D eigenvalue weighted by atomic mass is 35.5. The van der Waals surface area contributed by atoms with E-state index in [1.165, 1.54) is 4.90 Å². The van der Waals surface area contributed by atoms with Crippen molar-refractivity contribution in [3.63, 3.8) is 0 Å². The molecular weight excluding hydrogens is 420 g/mol. The molecule has 3 rings (SSSR count). The lowest BCUT2D eigenvalue weighted by Gasteiger charge is -2.38. The molecule has 1 atom stereocenters. The zero-order valence-corrected chi connectivity index (χ0v) is 17.9. The number of hydrogen-bond acceptors (Lipinski definition) is 3. The highest BCUT2D eigenvalue weighted by molar-refractivity contribution is 6.30. The lowest BCUT2D eigenvalue weighted by atomic mass is 10.1. The van der Waals surface area contributed by atoms with Crippen LogP contribution in [0.2, 0.25) is 5.02 Å². The van der Waals surface area contributed by atoms with E-state index in [-0.39, 0.29) is 24.4 Å². The Labute approximate surface area is 185 Å². The van der Waals surface area contributed by atoms with Gasteiger partial charge in [-0.25, -0.2) is 9.59 Å². The van der Waals surface area contributed by atoms with E-state index < -0.39 is 6.09 Å². The number of rotatable bonds is 5. The summed E-state index contributed by atoms with van der Waals surface area (Å²) in [5, 5.41) is 15.3. The minimum absolute atomic E-state index is 0.0426. The number of anilines is 1. The molecule has 0 unspecified atom stereocenters. The second kappa shape index (κ2) is 10.2. The Kier molecular flexibility index (Phi) is 7.36. The van der Waals surface area contributed by atoms with Gasteiger partial charge in [-0.2, -0.15) is 0 Å². The van der Waals surface area contributed by atoms with Gasteiger partial charge in [0.05, 0.1) is 6.42 Å². The van der Waals surface area contributed by atoms with Crippen LogP contribution in [0.25, 0.3) is 0 Å². The van der Waals surface area contributed by atoms with Gasteiger partial charge in [-0.15, -0.1) is 0 Å². The SMILES string of the molecule is C[C@@H]1CN(C(=O)O)CCN1C(=O)Cc1ccc(NC(=O)NCc2ccc(Cl)cc2)cc1. The van der Waals surface area contributed by atoms with Crippen molar-refractivity contribution in [3.8, 4) is 0 Å². The fourth-order valence-corrected chi connectivity index (χ4v) is 3.57.